The monoisotopic (exact) mass is 469 g/mol. The van der Waals surface area contributed by atoms with Crippen LogP contribution in [0.4, 0.5) is 18.9 Å². The number of sulfone groups is 1. The van der Waals surface area contributed by atoms with E-state index in [0.717, 1.165) is 18.3 Å². The third-order valence-electron chi connectivity index (χ3n) is 4.34. The van der Waals surface area contributed by atoms with Gasteiger partial charge >= 0.3 is 6.18 Å². The zero-order valence-electron chi connectivity index (χ0n) is 17.1. The van der Waals surface area contributed by atoms with Gasteiger partial charge in [-0.2, -0.15) is 13.2 Å². The summed E-state index contributed by atoms with van der Waals surface area (Å²) in [5.41, 5.74) is 1.62. The van der Waals surface area contributed by atoms with Gasteiger partial charge in [-0.25, -0.2) is 18.4 Å². The summed E-state index contributed by atoms with van der Waals surface area (Å²) < 4.78 is 65.9. The molecule has 0 aliphatic heterocycles. The quantitative estimate of drug-likeness (QED) is 0.318. The summed E-state index contributed by atoms with van der Waals surface area (Å²) in [6.45, 7) is 1.47. The molecule has 14 heteroatoms. The van der Waals surface area contributed by atoms with Gasteiger partial charge in [0.1, 0.15) is 17.7 Å². The minimum atomic E-state index is -4.56. The van der Waals surface area contributed by atoms with Crippen LogP contribution in [-0.2, 0) is 27.9 Å². The third kappa shape index (κ3) is 4.75. The fraction of sp³-hybridized carbons (Fsp3) is 0.278. The molecule has 3 aromatic rings. The van der Waals surface area contributed by atoms with E-state index in [-0.39, 0.29) is 39.4 Å². The summed E-state index contributed by atoms with van der Waals surface area (Å²) in [7, 11) is -0.904. The zero-order chi connectivity index (χ0) is 23.5. The molecule has 0 aromatic carbocycles. The van der Waals surface area contributed by atoms with E-state index in [9.17, 15) is 21.6 Å². The Labute approximate surface area is 181 Å². The van der Waals surface area contributed by atoms with Crippen LogP contribution in [0.5, 0.6) is 0 Å². The molecule has 0 fully saturated rings. The molecule has 0 saturated carbocycles. The van der Waals surface area contributed by atoms with E-state index in [1.165, 1.54) is 44.3 Å². The van der Waals surface area contributed by atoms with Crippen LogP contribution in [0.2, 0.25) is 0 Å². The second-order valence-electron chi connectivity index (χ2n) is 6.36. The molecule has 3 aromatic heterocycles. The molecule has 0 unspecified atom stereocenters. The number of nitrogens with zero attached hydrogens (tertiary/aromatic N) is 6. The van der Waals surface area contributed by atoms with Gasteiger partial charge in [-0.15, -0.1) is 10.2 Å². The molecular weight excluding hydrogens is 451 g/mol. The standard InChI is InChI=1S/C18H18F3N7O3S/c1-4-32(29,30)14-8-12(24-10-25-31-3)9-23-15(14)17-27-26-16(28(17)2)13-7-11(5-6-22-13)18(19,20)21/h5-10H,4H2,1-3H3,(H,24,25). The van der Waals surface area contributed by atoms with Crippen LogP contribution in [0.1, 0.15) is 12.5 Å². The van der Waals surface area contributed by atoms with Crippen molar-refractivity contribution in [2.45, 2.75) is 18.0 Å². The lowest BCUT2D eigenvalue weighted by Crippen LogP contribution is -2.10. The van der Waals surface area contributed by atoms with Gasteiger partial charge in [0.05, 0.1) is 35.2 Å². The number of rotatable bonds is 7. The van der Waals surface area contributed by atoms with E-state index in [1.807, 2.05) is 0 Å². The van der Waals surface area contributed by atoms with E-state index < -0.39 is 21.6 Å². The van der Waals surface area contributed by atoms with Crippen LogP contribution < -0.4 is 5.48 Å². The van der Waals surface area contributed by atoms with Crippen molar-refractivity contribution >= 4 is 21.9 Å². The minimum Gasteiger partial charge on any atom is -0.307 e. The Morgan fingerprint density at radius 3 is 2.59 bits per heavy atom. The molecule has 170 valence electrons. The molecule has 0 aliphatic carbocycles. The first-order valence-corrected chi connectivity index (χ1v) is 10.7. The van der Waals surface area contributed by atoms with Crippen molar-refractivity contribution in [3.63, 3.8) is 0 Å². The lowest BCUT2D eigenvalue weighted by Gasteiger charge is -2.10. The smallest absolute Gasteiger partial charge is 0.307 e. The van der Waals surface area contributed by atoms with Gasteiger partial charge in [-0.1, -0.05) is 6.92 Å². The van der Waals surface area contributed by atoms with Crippen molar-refractivity contribution in [2.24, 2.45) is 12.0 Å². The van der Waals surface area contributed by atoms with Gasteiger partial charge in [0.2, 0.25) is 0 Å². The Bertz CT molecular complexity index is 1260. The number of nitrogens with one attached hydrogen (secondary N) is 1. The van der Waals surface area contributed by atoms with Crippen molar-refractivity contribution in [2.75, 3.05) is 12.9 Å². The lowest BCUT2D eigenvalue weighted by atomic mass is 10.2. The molecule has 0 radical (unpaired) electrons. The normalized spacial score (nSPS) is 12.4. The molecule has 32 heavy (non-hydrogen) atoms. The Hall–Kier alpha value is -3.39. The molecule has 0 amide bonds. The van der Waals surface area contributed by atoms with Crippen LogP contribution >= 0.6 is 0 Å². The summed E-state index contributed by atoms with van der Waals surface area (Å²) >= 11 is 0. The highest BCUT2D eigenvalue weighted by molar-refractivity contribution is 7.91. The first kappa shape index (κ1) is 23.3. The van der Waals surface area contributed by atoms with E-state index in [4.69, 9.17) is 0 Å². The minimum absolute atomic E-state index is 0.0131. The topological polar surface area (TPSA) is 124 Å². The highest BCUT2D eigenvalue weighted by Gasteiger charge is 2.31. The Kier molecular flexibility index (Phi) is 6.55. The maximum absolute atomic E-state index is 13.1. The van der Waals surface area contributed by atoms with Gasteiger partial charge in [0.15, 0.2) is 21.5 Å². The van der Waals surface area contributed by atoms with Crippen molar-refractivity contribution in [1.29, 1.82) is 0 Å². The zero-order valence-corrected chi connectivity index (χ0v) is 17.9. The molecule has 0 saturated heterocycles. The summed E-state index contributed by atoms with van der Waals surface area (Å²) in [6, 6.07) is 2.99. The Morgan fingerprint density at radius 1 is 1.22 bits per heavy atom. The van der Waals surface area contributed by atoms with Crippen LogP contribution in [0.15, 0.2) is 40.5 Å². The van der Waals surface area contributed by atoms with Gasteiger partial charge < -0.3 is 4.57 Å². The highest BCUT2D eigenvalue weighted by atomic mass is 32.2. The summed E-state index contributed by atoms with van der Waals surface area (Å²) in [5, 5.41) is 7.87. The molecule has 3 rings (SSSR count). The van der Waals surface area contributed by atoms with E-state index in [0.29, 0.717) is 0 Å². The maximum atomic E-state index is 13.1. The number of hydrogen-bond donors (Lipinski definition) is 1. The second-order valence-corrected chi connectivity index (χ2v) is 8.60. The Balaban J connectivity index is 2.12. The highest BCUT2D eigenvalue weighted by Crippen LogP contribution is 2.33. The first-order valence-electron chi connectivity index (χ1n) is 9.05. The van der Waals surface area contributed by atoms with Crippen molar-refractivity contribution in [3.05, 3.63) is 36.2 Å². The van der Waals surface area contributed by atoms with Gasteiger partial charge in [-0.3, -0.25) is 15.3 Å². The molecule has 0 atom stereocenters. The molecule has 1 N–H and O–H groups in total. The predicted molar refractivity (Wildman–Crippen MR) is 108 cm³/mol. The van der Waals surface area contributed by atoms with Gasteiger partial charge in [0.25, 0.3) is 0 Å². The van der Waals surface area contributed by atoms with Crippen LogP contribution in [-0.4, -0.2) is 52.4 Å². The van der Waals surface area contributed by atoms with E-state index in [2.05, 4.69) is 35.5 Å². The summed E-state index contributed by atoms with van der Waals surface area (Å²) in [6.07, 6.45) is -1.02. The third-order valence-corrected chi connectivity index (χ3v) is 6.08. The molecular formula is C18H18F3N7O3S. The Morgan fingerprint density at radius 2 is 1.94 bits per heavy atom. The SMILES string of the molecule is CCS(=O)(=O)c1cc(N=CNOC)cnc1-c1nnc(-c2cc(C(F)(F)F)ccn2)n1C. The van der Waals surface area contributed by atoms with E-state index >= 15 is 0 Å². The largest absolute Gasteiger partial charge is 0.416 e. The molecule has 10 nitrogen and oxygen atoms in total. The number of aliphatic imine (C=N–C) groups is 1. The predicted octanol–water partition coefficient (Wildman–Crippen LogP) is 2.56. The number of alkyl halides is 3. The number of hydrogen-bond acceptors (Lipinski definition) is 8. The van der Waals surface area contributed by atoms with Crippen LogP contribution in [0, 0.1) is 0 Å². The van der Waals surface area contributed by atoms with Crippen molar-refractivity contribution in [3.8, 4) is 23.0 Å². The van der Waals surface area contributed by atoms with E-state index in [1.54, 1.807) is 0 Å². The fourth-order valence-electron chi connectivity index (χ4n) is 2.71. The second kappa shape index (κ2) is 9.00. The number of hydroxylamine groups is 1. The summed E-state index contributed by atoms with van der Waals surface area (Å²) in [4.78, 5) is 16.6. The van der Waals surface area contributed by atoms with Crippen LogP contribution in [0.3, 0.4) is 0 Å². The lowest BCUT2D eigenvalue weighted by molar-refractivity contribution is -0.137. The molecule has 0 bridgehead atoms. The fourth-order valence-corrected chi connectivity index (χ4v) is 3.76. The van der Waals surface area contributed by atoms with Gasteiger partial charge in [-0.05, 0) is 18.2 Å². The van der Waals surface area contributed by atoms with Crippen LogP contribution in [0.25, 0.3) is 23.0 Å². The van der Waals surface area contributed by atoms with Gasteiger partial charge in [0, 0.05) is 13.2 Å². The van der Waals surface area contributed by atoms with Crippen molar-refractivity contribution < 1.29 is 26.4 Å². The molecule has 0 aliphatic rings. The van der Waals surface area contributed by atoms with Crippen molar-refractivity contribution in [1.82, 2.24) is 30.2 Å². The number of aromatic nitrogens is 5. The molecule has 0 spiro atoms. The summed E-state index contributed by atoms with van der Waals surface area (Å²) in [5.74, 6) is -0.165. The molecule has 3 heterocycles. The number of pyridine rings is 2. The first-order chi connectivity index (χ1) is 15.1. The number of halogens is 3. The average Bonchev–Trinajstić information content (AvgIpc) is 3.14. The average molecular weight is 469 g/mol. The maximum Gasteiger partial charge on any atom is 0.416 e.